The fraction of sp³-hybridized carbons (Fsp3) is 0.125. The molecule has 0 aliphatic carbocycles. The summed E-state index contributed by atoms with van der Waals surface area (Å²) in [4.78, 5) is 32.2. The van der Waals surface area contributed by atoms with E-state index < -0.39 is 5.76 Å². The van der Waals surface area contributed by atoms with Crippen molar-refractivity contribution in [2.75, 3.05) is 5.32 Å². The number of hydrogen-bond donors (Lipinski definition) is 2. The summed E-state index contributed by atoms with van der Waals surface area (Å²) in [5.74, 6) is 0.289. The van der Waals surface area contributed by atoms with Gasteiger partial charge >= 0.3 is 5.76 Å². The number of carbonyl (C=O) groups excluding carboxylic acids is 1. The molecule has 0 saturated heterocycles. The Morgan fingerprint density at radius 2 is 1.77 bits per heavy atom. The normalized spacial score (nSPS) is 11.2. The Hall–Kier alpha value is -4.13. The zero-order valence-electron chi connectivity index (χ0n) is 16.7. The van der Waals surface area contributed by atoms with Gasteiger partial charge < -0.3 is 14.7 Å². The largest absolute Gasteiger partial charge is 0.419 e. The SMILES string of the molecule is O=C(CCCn1c(=O)oc2ccccc21)Nc1ccc(-c2nc3ccccc3[nH]2)cc1. The van der Waals surface area contributed by atoms with Gasteiger partial charge in [-0.05, 0) is 55.0 Å². The first-order valence-corrected chi connectivity index (χ1v) is 10.1. The molecule has 0 unspecified atom stereocenters. The molecule has 2 N–H and O–H groups in total. The van der Waals surface area contributed by atoms with E-state index in [2.05, 4.69) is 15.3 Å². The van der Waals surface area contributed by atoms with E-state index in [1.807, 2.05) is 66.7 Å². The Balaban J connectivity index is 1.19. The van der Waals surface area contributed by atoms with Gasteiger partial charge in [0.25, 0.3) is 0 Å². The second kappa shape index (κ2) is 7.95. The molecular weight excluding hydrogens is 392 g/mol. The van der Waals surface area contributed by atoms with Crippen LogP contribution in [0.1, 0.15) is 12.8 Å². The van der Waals surface area contributed by atoms with Gasteiger partial charge in [0.05, 0.1) is 16.6 Å². The molecule has 0 aliphatic rings. The topological polar surface area (TPSA) is 92.9 Å². The lowest BCUT2D eigenvalue weighted by Gasteiger charge is -2.06. The van der Waals surface area contributed by atoms with Gasteiger partial charge in [0.2, 0.25) is 5.91 Å². The summed E-state index contributed by atoms with van der Waals surface area (Å²) >= 11 is 0. The van der Waals surface area contributed by atoms with Crippen LogP contribution in [0.2, 0.25) is 0 Å². The smallest absolute Gasteiger partial charge is 0.408 e. The third-order valence-electron chi connectivity index (χ3n) is 5.19. The number of oxazole rings is 1. The maximum absolute atomic E-state index is 12.3. The van der Waals surface area contributed by atoms with Gasteiger partial charge in [-0.2, -0.15) is 0 Å². The quantitative estimate of drug-likeness (QED) is 0.428. The van der Waals surface area contributed by atoms with Crippen molar-refractivity contribution in [1.82, 2.24) is 14.5 Å². The minimum absolute atomic E-state index is 0.0997. The molecule has 0 bridgehead atoms. The number of imidazole rings is 1. The van der Waals surface area contributed by atoms with Crippen LogP contribution >= 0.6 is 0 Å². The van der Waals surface area contributed by atoms with Crippen molar-refractivity contribution in [1.29, 1.82) is 0 Å². The van der Waals surface area contributed by atoms with Crippen LogP contribution < -0.4 is 11.1 Å². The van der Waals surface area contributed by atoms with Crippen LogP contribution in [0.4, 0.5) is 5.69 Å². The molecule has 0 spiro atoms. The third-order valence-corrected chi connectivity index (χ3v) is 5.19. The summed E-state index contributed by atoms with van der Waals surface area (Å²) in [6, 6.07) is 22.7. The highest BCUT2D eigenvalue weighted by molar-refractivity contribution is 5.91. The van der Waals surface area contributed by atoms with Gasteiger partial charge in [0.1, 0.15) is 5.82 Å². The van der Waals surface area contributed by atoms with Crippen LogP contribution in [0, 0.1) is 0 Å². The van der Waals surface area contributed by atoms with Crippen molar-refractivity contribution in [3.8, 4) is 11.4 Å². The summed E-state index contributed by atoms with van der Waals surface area (Å²) in [6.45, 7) is 0.425. The van der Waals surface area contributed by atoms with Gasteiger partial charge in [0.15, 0.2) is 5.58 Å². The van der Waals surface area contributed by atoms with E-state index in [1.54, 1.807) is 10.6 Å². The second-order valence-corrected chi connectivity index (χ2v) is 7.32. The first-order chi connectivity index (χ1) is 15.2. The minimum Gasteiger partial charge on any atom is -0.408 e. The molecule has 7 nitrogen and oxygen atoms in total. The first kappa shape index (κ1) is 18.9. The molecule has 2 aromatic heterocycles. The second-order valence-electron chi connectivity index (χ2n) is 7.32. The van der Waals surface area contributed by atoms with E-state index in [0.29, 0.717) is 25.0 Å². The highest BCUT2D eigenvalue weighted by Gasteiger charge is 2.10. The van der Waals surface area contributed by atoms with E-state index in [1.165, 1.54) is 0 Å². The first-order valence-electron chi connectivity index (χ1n) is 10.1. The lowest BCUT2D eigenvalue weighted by molar-refractivity contribution is -0.116. The van der Waals surface area contributed by atoms with E-state index in [-0.39, 0.29) is 5.91 Å². The number of nitrogens with zero attached hydrogens (tertiary/aromatic N) is 2. The lowest BCUT2D eigenvalue weighted by atomic mass is 10.2. The average Bonchev–Trinajstić information content (AvgIpc) is 3.35. The Kier molecular flexibility index (Phi) is 4.84. The number of anilines is 1. The van der Waals surface area contributed by atoms with Crippen LogP contribution in [0.15, 0.2) is 82.0 Å². The number of H-pyrrole nitrogens is 1. The molecule has 0 aliphatic heterocycles. The summed E-state index contributed by atoms with van der Waals surface area (Å²) in [6.07, 6.45) is 0.837. The summed E-state index contributed by atoms with van der Waals surface area (Å²) < 4.78 is 6.78. The van der Waals surface area contributed by atoms with Crippen LogP contribution in [-0.4, -0.2) is 20.4 Å². The number of fused-ring (bicyclic) bond motifs is 2. The van der Waals surface area contributed by atoms with Crippen molar-refractivity contribution >= 4 is 33.7 Å². The number of aromatic nitrogens is 3. The predicted octanol–water partition coefficient (Wildman–Crippen LogP) is 4.56. The molecule has 5 rings (SSSR count). The monoisotopic (exact) mass is 412 g/mol. The molecule has 7 heteroatoms. The molecule has 0 saturated carbocycles. The molecular formula is C24H20N4O3. The highest BCUT2D eigenvalue weighted by Crippen LogP contribution is 2.22. The summed E-state index contributed by atoms with van der Waals surface area (Å²) in [7, 11) is 0. The maximum Gasteiger partial charge on any atom is 0.419 e. The Morgan fingerprint density at radius 1 is 1.00 bits per heavy atom. The summed E-state index contributed by atoms with van der Waals surface area (Å²) in [5, 5.41) is 2.90. The molecule has 0 atom stereocenters. The van der Waals surface area contributed by atoms with Gasteiger partial charge in [-0.25, -0.2) is 9.78 Å². The number of rotatable bonds is 6. The molecule has 31 heavy (non-hydrogen) atoms. The van der Waals surface area contributed by atoms with Crippen molar-refractivity contribution < 1.29 is 9.21 Å². The van der Waals surface area contributed by atoms with Gasteiger partial charge in [-0.3, -0.25) is 9.36 Å². The molecule has 5 aromatic rings. The fourth-order valence-electron chi connectivity index (χ4n) is 3.65. The number of carbonyl (C=O) groups is 1. The number of benzene rings is 3. The zero-order chi connectivity index (χ0) is 21.2. The van der Waals surface area contributed by atoms with Crippen molar-refractivity contribution in [2.45, 2.75) is 19.4 Å². The van der Waals surface area contributed by atoms with E-state index in [9.17, 15) is 9.59 Å². The van der Waals surface area contributed by atoms with E-state index in [4.69, 9.17) is 4.42 Å². The van der Waals surface area contributed by atoms with E-state index in [0.717, 1.165) is 33.6 Å². The zero-order valence-corrected chi connectivity index (χ0v) is 16.7. The third kappa shape index (κ3) is 3.85. The number of amides is 1. The molecule has 3 aromatic carbocycles. The average molecular weight is 412 g/mol. The predicted molar refractivity (Wildman–Crippen MR) is 120 cm³/mol. The molecule has 2 heterocycles. The van der Waals surface area contributed by atoms with Crippen molar-refractivity contribution in [3.05, 3.63) is 83.3 Å². The molecule has 0 fully saturated rings. The Morgan fingerprint density at radius 3 is 2.61 bits per heavy atom. The fourth-order valence-corrected chi connectivity index (χ4v) is 3.65. The van der Waals surface area contributed by atoms with Gasteiger partial charge in [-0.15, -0.1) is 0 Å². The molecule has 154 valence electrons. The number of aryl methyl sites for hydroxylation is 1. The van der Waals surface area contributed by atoms with Crippen LogP contribution in [-0.2, 0) is 11.3 Å². The van der Waals surface area contributed by atoms with Crippen molar-refractivity contribution in [2.24, 2.45) is 0 Å². The number of aromatic amines is 1. The van der Waals surface area contributed by atoms with Crippen LogP contribution in [0.5, 0.6) is 0 Å². The Bertz CT molecular complexity index is 1390. The van der Waals surface area contributed by atoms with Gasteiger partial charge in [0, 0.05) is 24.2 Å². The lowest BCUT2D eigenvalue weighted by Crippen LogP contribution is -2.17. The number of para-hydroxylation sites is 4. The Labute approximate surface area is 177 Å². The van der Waals surface area contributed by atoms with Crippen LogP contribution in [0.25, 0.3) is 33.5 Å². The maximum atomic E-state index is 12.3. The van der Waals surface area contributed by atoms with Crippen molar-refractivity contribution in [3.63, 3.8) is 0 Å². The van der Waals surface area contributed by atoms with E-state index >= 15 is 0 Å². The standard InChI is InChI=1S/C24H20N4O3/c29-22(10-5-15-28-20-8-3-4-9-21(20)31-24(28)30)25-17-13-11-16(12-14-17)23-26-18-6-1-2-7-19(18)27-23/h1-4,6-9,11-14H,5,10,15H2,(H,25,29)(H,26,27). The number of hydrogen-bond acceptors (Lipinski definition) is 4. The van der Waals surface area contributed by atoms with Crippen LogP contribution in [0.3, 0.4) is 0 Å². The highest BCUT2D eigenvalue weighted by atomic mass is 16.4. The molecule has 0 radical (unpaired) electrons. The molecule has 1 amide bonds. The number of nitrogens with one attached hydrogen (secondary N) is 2. The summed E-state index contributed by atoms with van der Waals surface area (Å²) in [5.41, 5.74) is 4.87. The minimum atomic E-state index is -0.400. The van der Waals surface area contributed by atoms with Gasteiger partial charge in [-0.1, -0.05) is 24.3 Å².